The summed E-state index contributed by atoms with van der Waals surface area (Å²) >= 11 is 0. The number of hydrogen-bond acceptors (Lipinski definition) is 2. The van der Waals surface area contributed by atoms with Crippen LogP contribution in [0.4, 0.5) is 5.69 Å². The number of phenolic OH excluding ortho intramolecular Hbond substituents is 1. The van der Waals surface area contributed by atoms with E-state index in [1.54, 1.807) is 42.5 Å². The lowest BCUT2D eigenvalue weighted by atomic mass is 10.1. The molecule has 3 heteroatoms. The van der Waals surface area contributed by atoms with Crippen LogP contribution in [0.3, 0.4) is 0 Å². The first kappa shape index (κ1) is 11.7. The molecule has 0 spiro atoms. The van der Waals surface area contributed by atoms with Crippen LogP contribution < -0.4 is 5.32 Å². The van der Waals surface area contributed by atoms with Gasteiger partial charge in [0.25, 0.3) is 5.91 Å². The van der Waals surface area contributed by atoms with Gasteiger partial charge in [-0.05, 0) is 30.3 Å². The number of carbonyl (C=O) groups is 1. The van der Waals surface area contributed by atoms with Crippen LogP contribution in [-0.2, 0) is 0 Å². The minimum absolute atomic E-state index is 0.0527. The average Bonchev–Trinajstić information content (AvgIpc) is 2.39. The maximum atomic E-state index is 11.9. The van der Waals surface area contributed by atoms with Gasteiger partial charge < -0.3 is 10.4 Å². The first-order chi connectivity index (χ1) is 8.70. The van der Waals surface area contributed by atoms with E-state index in [-0.39, 0.29) is 17.2 Å². The Morgan fingerprint density at radius 1 is 1.17 bits per heavy atom. The monoisotopic (exact) mass is 237 g/mol. The molecule has 0 aliphatic heterocycles. The summed E-state index contributed by atoms with van der Waals surface area (Å²) in [6.07, 6.45) is 5.28. The van der Waals surface area contributed by atoms with E-state index in [4.69, 9.17) is 6.42 Å². The number of benzene rings is 2. The van der Waals surface area contributed by atoms with Gasteiger partial charge in [0.2, 0.25) is 0 Å². The van der Waals surface area contributed by atoms with Gasteiger partial charge in [0, 0.05) is 11.3 Å². The number of carbonyl (C=O) groups excluding carboxylic acids is 1. The van der Waals surface area contributed by atoms with Crippen LogP contribution in [0, 0.1) is 12.3 Å². The molecule has 0 heterocycles. The number of anilines is 1. The second-order valence-corrected chi connectivity index (χ2v) is 3.70. The van der Waals surface area contributed by atoms with Crippen LogP contribution in [0.5, 0.6) is 5.75 Å². The van der Waals surface area contributed by atoms with Gasteiger partial charge in [-0.3, -0.25) is 4.79 Å². The van der Waals surface area contributed by atoms with Gasteiger partial charge in [-0.1, -0.05) is 24.1 Å². The fourth-order valence-corrected chi connectivity index (χ4v) is 1.55. The number of amides is 1. The summed E-state index contributed by atoms with van der Waals surface area (Å²) in [6.45, 7) is 0. The van der Waals surface area contributed by atoms with Crippen LogP contribution in [0.2, 0.25) is 0 Å². The van der Waals surface area contributed by atoms with E-state index in [0.717, 1.165) is 0 Å². The lowest BCUT2D eigenvalue weighted by molar-refractivity contribution is 0.102. The topological polar surface area (TPSA) is 49.3 Å². The number of terminal acetylenes is 1. The molecule has 0 fully saturated rings. The van der Waals surface area contributed by atoms with Crippen molar-refractivity contribution in [3.8, 4) is 18.1 Å². The zero-order chi connectivity index (χ0) is 13.0. The average molecular weight is 237 g/mol. The Balaban J connectivity index is 2.22. The van der Waals surface area contributed by atoms with Crippen LogP contribution in [0.25, 0.3) is 0 Å². The minimum atomic E-state index is -0.373. The first-order valence-electron chi connectivity index (χ1n) is 5.37. The summed E-state index contributed by atoms with van der Waals surface area (Å²) < 4.78 is 0. The van der Waals surface area contributed by atoms with Crippen LogP contribution in [0.15, 0.2) is 48.5 Å². The molecule has 2 N–H and O–H groups in total. The van der Waals surface area contributed by atoms with Crippen molar-refractivity contribution in [3.05, 3.63) is 59.7 Å². The predicted octanol–water partition coefficient (Wildman–Crippen LogP) is 2.63. The Hall–Kier alpha value is -2.73. The molecular weight excluding hydrogens is 226 g/mol. The normalized spacial score (nSPS) is 9.50. The lowest BCUT2D eigenvalue weighted by Gasteiger charge is -2.06. The summed E-state index contributed by atoms with van der Waals surface area (Å²) in [6, 6.07) is 13.3. The van der Waals surface area contributed by atoms with Crippen molar-refractivity contribution in [1.82, 2.24) is 0 Å². The van der Waals surface area contributed by atoms with Crippen LogP contribution in [0.1, 0.15) is 15.9 Å². The molecular formula is C15H11NO2. The van der Waals surface area contributed by atoms with Crippen molar-refractivity contribution in [2.75, 3.05) is 5.32 Å². The highest BCUT2D eigenvalue weighted by molar-refractivity contribution is 6.06. The predicted molar refractivity (Wildman–Crippen MR) is 70.4 cm³/mol. The summed E-state index contributed by atoms with van der Waals surface area (Å²) in [4.78, 5) is 11.9. The summed E-state index contributed by atoms with van der Waals surface area (Å²) in [5, 5.41) is 12.2. The molecule has 0 radical (unpaired) electrons. The molecule has 0 saturated heterocycles. The van der Waals surface area contributed by atoms with E-state index >= 15 is 0 Å². The number of para-hydroxylation sites is 1. The Labute approximate surface area is 105 Å². The van der Waals surface area contributed by atoms with Crippen LogP contribution >= 0.6 is 0 Å². The molecule has 0 aliphatic rings. The summed E-state index contributed by atoms with van der Waals surface area (Å²) in [5.74, 6) is 2.07. The second-order valence-electron chi connectivity index (χ2n) is 3.70. The molecule has 0 aliphatic carbocycles. The van der Waals surface area contributed by atoms with Crippen LogP contribution in [-0.4, -0.2) is 11.0 Å². The molecule has 1 amide bonds. The lowest BCUT2D eigenvalue weighted by Crippen LogP contribution is -2.11. The Kier molecular flexibility index (Phi) is 3.31. The molecule has 0 aromatic heterocycles. The second kappa shape index (κ2) is 5.07. The largest absolute Gasteiger partial charge is 0.507 e. The van der Waals surface area contributed by atoms with E-state index in [1.807, 2.05) is 0 Å². The molecule has 0 saturated carbocycles. The standard InChI is InChI=1S/C15H11NO2/c1-2-11-6-5-7-12(10-11)16-15(18)13-8-3-4-9-14(13)17/h1,3-10,17H,(H,16,18). The molecule has 3 nitrogen and oxygen atoms in total. The number of phenols is 1. The molecule has 2 aromatic carbocycles. The first-order valence-corrected chi connectivity index (χ1v) is 5.37. The molecule has 0 atom stereocenters. The molecule has 88 valence electrons. The van der Waals surface area contributed by atoms with E-state index in [1.165, 1.54) is 6.07 Å². The van der Waals surface area contributed by atoms with E-state index in [0.29, 0.717) is 11.3 Å². The van der Waals surface area contributed by atoms with E-state index in [9.17, 15) is 9.90 Å². The van der Waals surface area contributed by atoms with Crippen molar-refractivity contribution in [2.24, 2.45) is 0 Å². The van der Waals surface area contributed by atoms with Crippen molar-refractivity contribution in [1.29, 1.82) is 0 Å². The van der Waals surface area contributed by atoms with Crippen molar-refractivity contribution in [2.45, 2.75) is 0 Å². The van der Waals surface area contributed by atoms with Gasteiger partial charge in [0.1, 0.15) is 5.75 Å². The van der Waals surface area contributed by atoms with Gasteiger partial charge in [-0.25, -0.2) is 0 Å². The van der Waals surface area contributed by atoms with Crippen molar-refractivity contribution >= 4 is 11.6 Å². The van der Waals surface area contributed by atoms with E-state index < -0.39 is 0 Å². The van der Waals surface area contributed by atoms with E-state index in [2.05, 4.69) is 11.2 Å². The Bertz CT molecular complexity index is 626. The van der Waals surface area contributed by atoms with Gasteiger partial charge in [-0.2, -0.15) is 0 Å². The molecule has 0 bridgehead atoms. The van der Waals surface area contributed by atoms with Gasteiger partial charge >= 0.3 is 0 Å². The highest BCUT2D eigenvalue weighted by Gasteiger charge is 2.10. The number of nitrogens with one attached hydrogen (secondary N) is 1. The molecule has 2 aromatic rings. The fraction of sp³-hybridized carbons (Fsp3) is 0. The highest BCUT2D eigenvalue weighted by Crippen LogP contribution is 2.18. The van der Waals surface area contributed by atoms with Crippen molar-refractivity contribution < 1.29 is 9.90 Å². The third kappa shape index (κ3) is 2.50. The Morgan fingerprint density at radius 2 is 1.94 bits per heavy atom. The minimum Gasteiger partial charge on any atom is -0.507 e. The third-order valence-corrected chi connectivity index (χ3v) is 2.44. The summed E-state index contributed by atoms with van der Waals surface area (Å²) in [7, 11) is 0. The summed E-state index contributed by atoms with van der Waals surface area (Å²) in [5.41, 5.74) is 1.51. The van der Waals surface area contributed by atoms with Crippen molar-refractivity contribution in [3.63, 3.8) is 0 Å². The fourth-order valence-electron chi connectivity index (χ4n) is 1.55. The Morgan fingerprint density at radius 3 is 2.67 bits per heavy atom. The maximum absolute atomic E-state index is 11.9. The van der Waals surface area contributed by atoms with Gasteiger partial charge in [0.15, 0.2) is 0 Å². The highest BCUT2D eigenvalue weighted by atomic mass is 16.3. The molecule has 2 rings (SSSR count). The van der Waals surface area contributed by atoms with Gasteiger partial charge in [-0.15, -0.1) is 6.42 Å². The molecule has 18 heavy (non-hydrogen) atoms. The smallest absolute Gasteiger partial charge is 0.259 e. The zero-order valence-corrected chi connectivity index (χ0v) is 9.55. The number of aromatic hydroxyl groups is 1. The molecule has 0 unspecified atom stereocenters. The zero-order valence-electron chi connectivity index (χ0n) is 9.55. The quantitative estimate of drug-likeness (QED) is 0.789. The third-order valence-electron chi connectivity index (χ3n) is 2.44. The number of hydrogen-bond donors (Lipinski definition) is 2. The number of rotatable bonds is 2. The van der Waals surface area contributed by atoms with Gasteiger partial charge in [0.05, 0.1) is 5.56 Å². The SMILES string of the molecule is C#Cc1cccc(NC(=O)c2ccccc2O)c1. The maximum Gasteiger partial charge on any atom is 0.259 e.